The molecule has 4 rings (SSSR count). The second kappa shape index (κ2) is 9.84. The largest absolute Gasteiger partial charge is 0.477 e. The van der Waals surface area contributed by atoms with Gasteiger partial charge in [-0.1, -0.05) is 31.0 Å². The molecule has 11 heteroatoms. The summed E-state index contributed by atoms with van der Waals surface area (Å²) >= 11 is 1.10. The molecule has 0 radical (unpaired) electrons. The van der Waals surface area contributed by atoms with E-state index in [1.54, 1.807) is 4.90 Å². The van der Waals surface area contributed by atoms with Gasteiger partial charge in [0.25, 0.3) is 0 Å². The van der Waals surface area contributed by atoms with Crippen molar-refractivity contribution in [3.8, 4) is 5.69 Å². The summed E-state index contributed by atoms with van der Waals surface area (Å²) in [4.78, 5) is 31.0. The molecule has 2 fully saturated rings. The maximum atomic E-state index is 13.4. The van der Waals surface area contributed by atoms with Crippen LogP contribution in [0.25, 0.3) is 5.69 Å². The number of benzene rings is 1. The van der Waals surface area contributed by atoms with Gasteiger partial charge in [0.1, 0.15) is 5.82 Å². The van der Waals surface area contributed by atoms with Crippen molar-refractivity contribution in [1.29, 1.82) is 0 Å². The molecule has 1 aliphatic heterocycles. The number of amides is 1. The first-order valence-corrected chi connectivity index (χ1v) is 13.8. The topological polar surface area (TPSA) is 110 Å². The molecular weight excluding hydrogens is 469 g/mol. The number of aromatic nitrogens is 2. The Kier molecular flexibility index (Phi) is 7.08. The van der Waals surface area contributed by atoms with E-state index in [9.17, 15) is 27.5 Å². The third kappa shape index (κ3) is 5.40. The summed E-state index contributed by atoms with van der Waals surface area (Å²) in [5.74, 6) is -1.71. The molecule has 2 aliphatic rings. The minimum atomic E-state index is -3.15. The predicted octanol–water partition coefficient (Wildman–Crippen LogP) is 3.15. The van der Waals surface area contributed by atoms with Crippen LogP contribution in [0.5, 0.6) is 0 Å². The van der Waals surface area contributed by atoms with Gasteiger partial charge < -0.3 is 10.0 Å². The third-order valence-electron chi connectivity index (χ3n) is 6.22. The monoisotopic (exact) mass is 495 g/mol. The number of hydrogen-bond acceptors (Lipinski definition) is 6. The zero-order chi connectivity index (χ0) is 23.6. The highest BCUT2D eigenvalue weighted by molar-refractivity contribution is 7.99. The van der Waals surface area contributed by atoms with Crippen LogP contribution in [0.1, 0.15) is 49.0 Å². The standard InChI is InChI=1S/C22H26FN3O5S2/c23-15-6-8-17(9-7-15)26-19(21(28)29)12-24-22(26)32-13-20(27)25(16-4-2-1-3-5-16)18-10-11-33(30,31)14-18/h6-9,12,16,18H,1-5,10-11,13-14H2,(H,28,29)/t18-/m0/s1. The number of carboxylic acid groups (broad SMARTS) is 1. The average molecular weight is 496 g/mol. The fourth-order valence-electron chi connectivity index (χ4n) is 4.69. The highest BCUT2D eigenvalue weighted by atomic mass is 32.2. The van der Waals surface area contributed by atoms with Gasteiger partial charge in [0.05, 0.1) is 23.5 Å². The minimum Gasteiger partial charge on any atom is -0.477 e. The first kappa shape index (κ1) is 23.7. The molecule has 1 saturated carbocycles. The van der Waals surface area contributed by atoms with Crippen molar-refractivity contribution in [1.82, 2.24) is 14.5 Å². The molecule has 1 amide bonds. The second-order valence-corrected chi connectivity index (χ2v) is 11.7. The van der Waals surface area contributed by atoms with Gasteiger partial charge in [-0.2, -0.15) is 0 Å². The molecule has 1 aromatic heterocycles. The Balaban J connectivity index is 1.56. The summed E-state index contributed by atoms with van der Waals surface area (Å²) in [6.45, 7) is 0. The number of nitrogens with zero attached hydrogens (tertiary/aromatic N) is 3. The number of carbonyl (C=O) groups is 2. The highest BCUT2D eigenvalue weighted by Crippen LogP contribution is 2.30. The number of carbonyl (C=O) groups excluding carboxylic acids is 1. The summed E-state index contributed by atoms with van der Waals surface area (Å²) < 4.78 is 38.9. The summed E-state index contributed by atoms with van der Waals surface area (Å²) in [7, 11) is -3.15. The molecule has 0 bridgehead atoms. The smallest absolute Gasteiger partial charge is 0.354 e. The summed E-state index contributed by atoms with van der Waals surface area (Å²) in [5.41, 5.74) is 0.329. The fourth-order valence-corrected chi connectivity index (χ4v) is 7.26. The van der Waals surface area contributed by atoms with Crippen LogP contribution in [0, 0.1) is 5.82 Å². The molecule has 178 valence electrons. The maximum absolute atomic E-state index is 13.4. The SMILES string of the molecule is O=C(O)c1cnc(SCC(=O)N(C2CCCCC2)[C@H]2CCS(=O)(=O)C2)n1-c1ccc(F)cc1. The van der Waals surface area contributed by atoms with Crippen LogP contribution in [0.3, 0.4) is 0 Å². The zero-order valence-corrected chi connectivity index (χ0v) is 19.7. The lowest BCUT2D eigenvalue weighted by molar-refractivity contribution is -0.133. The van der Waals surface area contributed by atoms with Gasteiger partial charge in [-0.15, -0.1) is 0 Å². The Morgan fingerprint density at radius 1 is 1.12 bits per heavy atom. The van der Waals surface area contributed by atoms with E-state index in [0.29, 0.717) is 17.3 Å². The van der Waals surface area contributed by atoms with Gasteiger partial charge in [-0.3, -0.25) is 9.36 Å². The van der Waals surface area contributed by atoms with Crippen molar-refractivity contribution in [2.75, 3.05) is 17.3 Å². The van der Waals surface area contributed by atoms with Crippen LogP contribution >= 0.6 is 11.8 Å². The summed E-state index contributed by atoms with van der Waals surface area (Å²) in [6.07, 6.45) is 6.52. The van der Waals surface area contributed by atoms with E-state index in [1.165, 1.54) is 35.0 Å². The van der Waals surface area contributed by atoms with Crippen molar-refractivity contribution in [3.63, 3.8) is 0 Å². The third-order valence-corrected chi connectivity index (χ3v) is 8.90. The van der Waals surface area contributed by atoms with E-state index in [0.717, 1.165) is 43.9 Å². The number of aromatic carboxylic acids is 1. The van der Waals surface area contributed by atoms with Gasteiger partial charge >= 0.3 is 5.97 Å². The van der Waals surface area contributed by atoms with Crippen LogP contribution < -0.4 is 0 Å². The number of sulfone groups is 1. The molecule has 1 atom stereocenters. The number of halogens is 1. The van der Waals surface area contributed by atoms with Crippen LogP contribution in [-0.4, -0.2) is 69.2 Å². The lowest BCUT2D eigenvalue weighted by Gasteiger charge is -2.38. The highest BCUT2D eigenvalue weighted by Gasteiger charge is 2.38. The molecule has 2 aromatic rings. The molecule has 1 saturated heterocycles. The summed E-state index contributed by atoms with van der Waals surface area (Å²) in [5, 5.41) is 9.85. The lowest BCUT2D eigenvalue weighted by atomic mass is 9.93. The number of hydrogen-bond donors (Lipinski definition) is 1. The lowest BCUT2D eigenvalue weighted by Crippen LogP contribution is -2.49. The quantitative estimate of drug-likeness (QED) is 0.588. The first-order valence-electron chi connectivity index (χ1n) is 11.0. The van der Waals surface area contributed by atoms with E-state index in [2.05, 4.69) is 4.98 Å². The molecule has 2 heterocycles. The Morgan fingerprint density at radius 2 is 1.82 bits per heavy atom. The Hall–Kier alpha value is -2.40. The van der Waals surface area contributed by atoms with Crippen LogP contribution in [0.2, 0.25) is 0 Å². The molecule has 1 aromatic carbocycles. The van der Waals surface area contributed by atoms with Gasteiger partial charge in [-0.05, 0) is 43.5 Å². The van der Waals surface area contributed by atoms with Crippen molar-refractivity contribution in [2.24, 2.45) is 0 Å². The van der Waals surface area contributed by atoms with E-state index in [1.807, 2.05) is 0 Å². The van der Waals surface area contributed by atoms with Crippen molar-refractivity contribution in [2.45, 2.75) is 55.8 Å². The molecular formula is C22H26FN3O5S2. The normalized spacial score (nSPS) is 20.6. The van der Waals surface area contributed by atoms with Crippen LogP contribution in [-0.2, 0) is 14.6 Å². The van der Waals surface area contributed by atoms with Crippen molar-refractivity contribution < 1.29 is 27.5 Å². The number of thioether (sulfide) groups is 1. The van der Waals surface area contributed by atoms with Gasteiger partial charge in [0.15, 0.2) is 20.7 Å². The van der Waals surface area contributed by atoms with E-state index >= 15 is 0 Å². The molecule has 33 heavy (non-hydrogen) atoms. The van der Waals surface area contributed by atoms with Crippen molar-refractivity contribution in [3.05, 3.63) is 42.0 Å². The fraction of sp³-hybridized carbons (Fsp3) is 0.500. The van der Waals surface area contributed by atoms with Crippen LogP contribution in [0.15, 0.2) is 35.6 Å². The van der Waals surface area contributed by atoms with E-state index in [-0.39, 0.29) is 40.9 Å². The Bertz CT molecular complexity index is 1130. The first-order chi connectivity index (χ1) is 15.7. The molecule has 0 spiro atoms. The maximum Gasteiger partial charge on any atom is 0.354 e. The average Bonchev–Trinajstić information content (AvgIpc) is 3.37. The van der Waals surface area contributed by atoms with E-state index in [4.69, 9.17) is 0 Å². The zero-order valence-electron chi connectivity index (χ0n) is 18.0. The molecule has 1 aliphatic carbocycles. The predicted molar refractivity (Wildman–Crippen MR) is 122 cm³/mol. The molecule has 1 N–H and O–H groups in total. The van der Waals surface area contributed by atoms with Gasteiger partial charge in [0.2, 0.25) is 5.91 Å². The number of rotatable bonds is 7. The van der Waals surface area contributed by atoms with Gasteiger partial charge in [-0.25, -0.2) is 22.6 Å². The van der Waals surface area contributed by atoms with E-state index < -0.39 is 21.6 Å². The van der Waals surface area contributed by atoms with Gasteiger partial charge in [0, 0.05) is 17.8 Å². The molecule has 0 unspecified atom stereocenters. The number of carboxylic acids is 1. The summed E-state index contributed by atoms with van der Waals surface area (Å²) in [6, 6.07) is 5.06. The number of imidazole rings is 1. The minimum absolute atomic E-state index is 0.00428. The van der Waals surface area contributed by atoms with Crippen molar-refractivity contribution >= 4 is 33.5 Å². The van der Waals surface area contributed by atoms with Crippen LogP contribution in [0.4, 0.5) is 4.39 Å². The second-order valence-electron chi connectivity index (χ2n) is 8.48. The Labute approximate surface area is 196 Å². The Morgan fingerprint density at radius 3 is 2.42 bits per heavy atom. The molecule has 8 nitrogen and oxygen atoms in total.